The average molecular weight is 231 g/mol. The number of hydrogen-bond acceptors (Lipinski definition) is 3. The zero-order chi connectivity index (χ0) is 9.14. The zero-order valence-corrected chi connectivity index (χ0v) is 8.37. The Morgan fingerprint density at radius 1 is 1.75 bits per heavy atom. The highest BCUT2D eigenvalue weighted by Gasteiger charge is 2.09. The Hall–Kier alpha value is -0.450. The van der Waals surface area contributed by atoms with Gasteiger partial charge in [-0.3, -0.25) is 0 Å². The van der Waals surface area contributed by atoms with E-state index in [9.17, 15) is 0 Å². The number of aliphatic hydroxyl groups excluding tert-OH is 1. The van der Waals surface area contributed by atoms with E-state index in [-0.39, 0.29) is 12.6 Å². The summed E-state index contributed by atoms with van der Waals surface area (Å²) in [6, 6.07) is 1.56. The summed E-state index contributed by atoms with van der Waals surface area (Å²) in [4.78, 5) is 4.07. The molecule has 0 aromatic carbocycles. The molecular formula is C8H11BrN2O. The summed E-state index contributed by atoms with van der Waals surface area (Å²) >= 11 is 3.27. The Labute approximate surface area is 79.7 Å². The molecule has 0 spiro atoms. The number of hydrogen-bond donors (Lipinski definition) is 2. The molecule has 0 amide bonds. The Morgan fingerprint density at radius 3 is 3.00 bits per heavy atom. The van der Waals surface area contributed by atoms with E-state index in [0.29, 0.717) is 4.60 Å². The van der Waals surface area contributed by atoms with Crippen molar-refractivity contribution >= 4 is 15.9 Å². The molecular weight excluding hydrogens is 220 g/mol. The molecule has 3 nitrogen and oxygen atoms in total. The summed E-state index contributed by atoms with van der Waals surface area (Å²) in [5, 5.41) is 8.83. The smallest absolute Gasteiger partial charge is 0.110 e. The number of nitrogens with zero attached hydrogens (tertiary/aromatic N) is 1. The Bertz CT molecular complexity index is 278. The third-order valence-corrected chi connectivity index (χ3v) is 2.26. The van der Waals surface area contributed by atoms with E-state index >= 15 is 0 Å². The third-order valence-electron chi connectivity index (χ3n) is 1.60. The van der Waals surface area contributed by atoms with Crippen molar-refractivity contribution in [3.63, 3.8) is 0 Å². The van der Waals surface area contributed by atoms with Crippen LogP contribution in [-0.2, 0) is 0 Å². The first kappa shape index (κ1) is 9.64. The molecule has 1 aromatic rings. The number of nitrogens with two attached hydrogens (primary N) is 1. The molecule has 0 bridgehead atoms. The third kappa shape index (κ3) is 2.03. The molecule has 0 aliphatic heterocycles. The second-order valence-corrected chi connectivity index (χ2v) is 3.43. The first-order valence-corrected chi connectivity index (χ1v) is 4.43. The van der Waals surface area contributed by atoms with Crippen LogP contribution in [0, 0.1) is 6.92 Å². The van der Waals surface area contributed by atoms with E-state index in [0.717, 1.165) is 11.1 Å². The van der Waals surface area contributed by atoms with Crippen molar-refractivity contribution in [1.29, 1.82) is 0 Å². The number of aromatic nitrogens is 1. The van der Waals surface area contributed by atoms with Gasteiger partial charge in [-0.1, -0.05) is 6.07 Å². The van der Waals surface area contributed by atoms with E-state index in [1.54, 1.807) is 6.20 Å². The van der Waals surface area contributed by atoms with E-state index in [2.05, 4.69) is 20.9 Å². The van der Waals surface area contributed by atoms with Crippen LogP contribution in [-0.4, -0.2) is 16.7 Å². The molecule has 1 heterocycles. The van der Waals surface area contributed by atoms with Gasteiger partial charge in [-0.05, 0) is 28.4 Å². The lowest BCUT2D eigenvalue weighted by Crippen LogP contribution is -2.15. The van der Waals surface area contributed by atoms with Gasteiger partial charge in [-0.15, -0.1) is 0 Å². The minimum Gasteiger partial charge on any atom is -0.394 e. The maximum atomic E-state index is 8.83. The van der Waals surface area contributed by atoms with Crippen LogP contribution in [0.4, 0.5) is 0 Å². The van der Waals surface area contributed by atoms with Crippen LogP contribution in [0.5, 0.6) is 0 Å². The first-order chi connectivity index (χ1) is 5.65. The quantitative estimate of drug-likeness (QED) is 0.750. The number of rotatable bonds is 2. The van der Waals surface area contributed by atoms with Crippen LogP contribution >= 0.6 is 15.9 Å². The van der Waals surface area contributed by atoms with Crippen molar-refractivity contribution in [3.8, 4) is 0 Å². The van der Waals surface area contributed by atoms with Gasteiger partial charge >= 0.3 is 0 Å². The van der Waals surface area contributed by atoms with Gasteiger partial charge in [0.15, 0.2) is 0 Å². The molecule has 1 rings (SSSR count). The van der Waals surface area contributed by atoms with Crippen LogP contribution in [0.15, 0.2) is 16.9 Å². The molecule has 1 atom stereocenters. The van der Waals surface area contributed by atoms with Gasteiger partial charge in [0.25, 0.3) is 0 Å². The summed E-state index contributed by atoms with van der Waals surface area (Å²) in [7, 11) is 0. The number of halogens is 1. The van der Waals surface area contributed by atoms with Gasteiger partial charge in [0.1, 0.15) is 4.60 Å². The standard InChI is InChI=1S/C8H11BrN2O/c1-5-2-6(7(10)4-12)8(9)11-3-5/h2-3,7,12H,4,10H2,1H3/t7-/m1/s1. The predicted octanol–water partition coefficient (Wildman–Crippen LogP) is 1.14. The molecule has 0 unspecified atom stereocenters. The average Bonchev–Trinajstić information content (AvgIpc) is 2.08. The van der Waals surface area contributed by atoms with Crippen molar-refractivity contribution in [2.45, 2.75) is 13.0 Å². The van der Waals surface area contributed by atoms with Crippen molar-refractivity contribution in [2.75, 3.05) is 6.61 Å². The Morgan fingerprint density at radius 2 is 2.42 bits per heavy atom. The summed E-state index contributed by atoms with van der Waals surface area (Å²) < 4.78 is 0.703. The summed E-state index contributed by atoms with van der Waals surface area (Å²) in [6.45, 7) is 1.87. The van der Waals surface area contributed by atoms with Crippen molar-refractivity contribution < 1.29 is 5.11 Å². The maximum Gasteiger partial charge on any atom is 0.110 e. The molecule has 0 aliphatic rings. The molecule has 0 radical (unpaired) electrons. The van der Waals surface area contributed by atoms with Crippen LogP contribution in [0.2, 0.25) is 0 Å². The molecule has 0 saturated carbocycles. The van der Waals surface area contributed by atoms with Crippen LogP contribution in [0.3, 0.4) is 0 Å². The zero-order valence-electron chi connectivity index (χ0n) is 6.79. The van der Waals surface area contributed by atoms with Gasteiger partial charge in [0.2, 0.25) is 0 Å². The Kier molecular flexibility index (Phi) is 3.20. The van der Waals surface area contributed by atoms with E-state index in [4.69, 9.17) is 10.8 Å². The molecule has 0 saturated heterocycles. The molecule has 12 heavy (non-hydrogen) atoms. The van der Waals surface area contributed by atoms with Gasteiger partial charge in [-0.25, -0.2) is 4.98 Å². The second kappa shape index (κ2) is 3.98. The maximum absolute atomic E-state index is 8.83. The lowest BCUT2D eigenvalue weighted by molar-refractivity contribution is 0.267. The van der Waals surface area contributed by atoms with E-state index in [1.165, 1.54) is 0 Å². The Balaban J connectivity index is 3.04. The summed E-state index contributed by atoms with van der Waals surface area (Å²) in [5.41, 5.74) is 7.53. The topological polar surface area (TPSA) is 59.1 Å². The fourth-order valence-electron chi connectivity index (χ4n) is 0.933. The number of aryl methyl sites for hydroxylation is 1. The van der Waals surface area contributed by atoms with Crippen molar-refractivity contribution in [3.05, 3.63) is 28.0 Å². The minimum absolute atomic E-state index is 0.0657. The fraction of sp³-hybridized carbons (Fsp3) is 0.375. The molecule has 66 valence electrons. The first-order valence-electron chi connectivity index (χ1n) is 3.63. The van der Waals surface area contributed by atoms with Crippen LogP contribution < -0.4 is 5.73 Å². The molecule has 1 aromatic heterocycles. The van der Waals surface area contributed by atoms with Crippen LogP contribution in [0.25, 0.3) is 0 Å². The van der Waals surface area contributed by atoms with Crippen molar-refractivity contribution in [1.82, 2.24) is 4.98 Å². The number of pyridine rings is 1. The molecule has 0 fully saturated rings. The fourth-order valence-corrected chi connectivity index (χ4v) is 1.44. The monoisotopic (exact) mass is 230 g/mol. The highest BCUT2D eigenvalue weighted by Crippen LogP contribution is 2.20. The molecule has 4 heteroatoms. The molecule has 0 aliphatic carbocycles. The SMILES string of the molecule is Cc1cnc(Br)c([C@H](N)CO)c1. The largest absolute Gasteiger partial charge is 0.394 e. The van der Waals surface area contributed by atoms with Gasteiger partial charge in [0, 0.05) is 11.8 Å². The normalized spacial score (nSPS) is 13.0. The van der Waals surface area contributed by atoms with Gasteiger partial charge < -0.3 is 10.8 Å². The van der Waals surface area contributed by atoms with E-state index in [1.807, 2.05) is 13.0 Å². The highest BCUT2D eigenvalue weighted by atomic mass is 79.9. The van der Waals surface area contributed by atoms with Crippen molar-refractivity contribution in [2.24, 2.45) is 5.73 Å². The lowest BCUT2D eigenvalue weighted by atomic mass is 10.1. The summed E-state index contributed by atoms with van der Waals surface area (Å²) in [6.07, 6.45) is 1.75. The highest BCUT2D eigenvalue weighted by molar-refractivity contribution is 9.10. The minimum atomic E-state index is -0.355. The summed E-state index contributed by atoms with van der Waals surface area (Å²) in [5.74, 6) is 0. The van der Waals surface area contributed by atoms with E-state index < -0.39 is 0 Å². The van der Waals surface area contributed by atoms with Gasteiger partial charge in [-0.2, -0.15) is 0 Å². The molecule has 3 N–H and O–H groups in total. The van der Waals surface area contributed by atoms with Gasteiger partial charge in [0.05, 0.1) is 12.6 Å². The lowest BCUT2D eigenvalue weighted by Gasteiger charge is -2.10. The number of aliphatic hydroxyl groups is 1. The second-order valence-electron chi connectivity index (χ2n) is 2.68. The predicted molar refractivity (Wildman–Crippen MR) is 50.7 cm³/mol. The van der Waals surface area contributed by atoms with Crippen LogP contribution in [0.1, 0.15) is 17.2 Å².